The van der Waals surface area contributed by atoms with Crippen molar-refractivity contribution in [3.05, 3.63) is 59.7 Å². The van der Waals surface area contributed by atoms with E-state index in [4.69, 9.17) is 0 Å². The molecule has 0 aromatic heterocycles. The Kier molecular flexibility index (Phi) is 2.10. The molecule has 21 heavy (non-hydrogen) atoms. The average Bonchev–Trinajstić information content (AvgIpc) is 2.91. The van der Waals surface area contributed by atoms with Gasteiger partial charge in [0.2, 0.25) is 5.54 Å². The van der Waals surface area contributed by atoms with Gasteiger partial charge in [-0.2, -0.15) is 0 Å². The number of nitrogens with zero attached hydrogens (tertiary/aromatic N) is 2. The predicted octanol–water partition coefficient (Wildman–Crippen LogP) is 2.94. The molecule has 1 heterocycles. The third-order valence-electron chi connectivity index (χ3n) is 4.04. The van der Waals surface area contributed by atoms with Crippen molar-refractivity contribution in [2.45, 2.75) is 5.54 Å². The average molecular weight is 286 g/mol. The number of amides is 3. The second-order valence-corrected chi connectivity index (χ2v) is 4.95. The van der Waals surface area contributed by atoms with E-state index < -0.39 is 22.6 Å². The van der Waals surface area contributed by atoms with Crippen LogP contribution in [0.2, 0.25) is 0 Å². The number of rotatable bonds is 0. The minimum Gasteiger partial charge on any atom is -0.268 e. The summed E-state index contributed by atoms with van der Waals surface area (Å²) in [4.78, 5) is 23.9. The second-order valence-electron chi connectivity index (χ2n) is 4.95. The summed E-state index contributed by atoms with van der Waals surface area (Å²) in [6.07, 6.45) is 0. The fraction of sp³-hybridized carbons (Fsp3) is 0.0667. The molecule has 4 rings (SSSR count). The molecule has 4 nitrogen and oxygen atoms in total. The molecule has 1 fully saturated rings. The van der Waals surface area contributed by atoms with Gasteiger partial charge in [-0.1, -0.05) is 62.6 Å². The van der Waals surface area contributed by atoms with Crippen LogP contribution in [-0.2, 0) is 10.3 Å². The van der Waals surface area contributed by atoms with Crippen molar-refractivity contribution in [2.24, 2.45) is 0 Å². The van der Waals surface area contributed by atoms with Gasteiger partial charge in [0.15, 0.2) is 0 Å². The molecule has 104 valence electrons. The highest BCUT2D eigenvalue weighted by atomic mass is 19.2. The number of benzene rings is 2. The van der Waals surface area contributed by atoms with Gasteiger partial charge < -0.3 is 0 Å². The van der Waals surface area contributed by atoms with E-state index in [1.165, 1.54) is 12.1 Å². The van der Waals surface area contributed by atoms with Gasteiger partial charge in [0, 0.05) is 11.1 Å². The molecule has 0 atom stereocenters. The maximum Gasteiger partial charge on any atom is 0.385 e. The van der Waals surface area contributed by atoms with Gasteiger partial charge in [-0.15, -0.1) is 5.12 Å². The Morgan fingerprint density at radius 1 is 0.810 bits per heavy atom. The van der Waals surface area contributed by atoms with E-state index in [1.54, 1.807) is 36.4 Å². The summed E-state index contributed by atoms with van der Waals surface area (Å²) in [6, 6.07) is 11.6. The van der Waals surface area contributed by atoms with Crippen LogP contribution in [0.15, 0.2) is 48.5 Å². The summed E-state index contributed by atoms with van der Waals surface area (Å²) in [7, 11) is 0. The molecule has 1 spiro atoms. The van der Waals surface area contributed by atoms with E-state index >= 15 is 0 Å². The van der Waals surface area contributed by atoms with Gasteiger partial charge in [0.25, 0.3) is 5.91 Å². The lowest BCUT2D eigenvalue weighted by molar-refractivity contribution is -0.143. The lowest BCUT2D eigenvalue weighted by atomic mass is 9.87. The molecule has 2 aromatic rings. The van der Waals surface area contributed by atoms with Crippen LogP contribution in [0, 0.1) is 0 Å². The SMILES string of the molecule is O=C1N(F)C(=O)C2(c3ccccc3-c3ccccc32)N1F. The van der Waals surface area contributed by atoms with Crippen molar-refractivity contribution in [3.63, 3.8) is 0 Å². The molecule has 0 unspecified atom stereocenters. The molecule has 0 bridgehead atoms. The van der Waals surface area contributed by atoms with E-state index in [2.05, 4.69) is 0 Å². The third kappa shape index (κ3) is 1.14. The van der Waals surface area contributed by atoms with Crippen LogP contribution in [0.4, 0.5) is 13.8 Å². The van der Waals surface area contributed by atoms with E-state index in [0.29, 0.717) is 11.1 Å². The topological polar surface area (TPSA) is 40.6 Å². The standard InChI is InChI=1S/C15H8F2N2O2/c16-18-13(20)15(19(17)14(18)21)11-7-3-1-5-9(11)10-6-2-4-8-12(10)15/h1-8H. The van der Waals surface area contributed by atoms with Gasteiger partial charge in [-0.3, -0.25) is 4.79 Å². The zero-order chi connectivity index (χ0) is 14.8. The van der Waals surface area contributed by atoms with Crippen LogP contribution in [0.3, 0.4) is 0 Å². The Balaban J connectivity index is 2.15. The van der Waals surface area contributed by atoms with Crippen LogP contribution in [0.1, 0.15) is 11.1 Å². The van der Waals surface area contributed by atoms with Crippen molar-refractivity contribution >= 4 is 11.9 Å². The number of urea groups is 1. The van der Waals surface area contributed by atoms with Crippen molar-refractivity contribution in [1.29, 1.82) is 0 Å². The molecule has 1 saturated heterocycles. The molecule has 2 aromatic carbocycles. The van der Waals surface area contributed by atoms with Gasteiger partial charge in [0.1, 0.15) is 0 Å². The summed E-state index contributed by atoms with van der Waals surface area (Å²) >= 11 is 0. The smallest absolute Gasteiger partial charge is 0.268 e. The Bertz CT molecular complexity index is 760. The zero-order valence-electron chi connectivity index (χ0n) is 10.6. The maximum absolute atomic E-state index is 14.5. The largest absolute Gasteiger partial charge is 0.385 e. The van der Waals surface area contributed by atoms with Crippen LogP contribution in [-0.4, -0.2) is 22.2 Å². The van der Waals surface area contributed by atoms with E-state index in [0.717, 1.165) is 0 Å². The minimum atomic E-state index is -2.06. The second kappa shape index (κ2) is 3.66. The molecular weight excluding hydrogens is 278 g/mol. The number of hydrogen-bond donors (Lipinski definition) is 0. The Morgan fingerprint density at radius 2 is 1.29 bits per heavy atom. The zero-order valence-corrected chi connectivity index (χ0v) is 10.6. The van der Waals surface area contributed by atoms with Crippen LogP contribution >= 0.6 is 0 Å². The van der Waals surface area contributed by atoms with Crippen LogP contribution in [0.25, 0.3) is 11.1 Å². The van der Waals surface area contributed by atoms with Gasteiger partial charge >= 0.3 is 6.03 Å². The fourth-order valence-corrected chi connectivity index (χ4v) is 3.19. The van der Waals surface area contributed by atoms with Crippen molar-refractivity contribution < 1.29 is 18.6 Å². The van der Waals surface area contributed by atoms with Crippen LogP contribution < -0.4 is 0 Å². The number of hydrogen-bond acceptors (Lipinski definition) is 2. The number of carbonyl (C=O) groups is 2. The first-order valence-electron chi connectivity index (χ1n) is 6.30. The summed E-state index contributed by atoms with van der Waals surface area (Å²) in [5.74, 6) is -1.23. The molecule has 0 N–H and O–H groups in total. The molecule has 1 aliphatic heterocycles. The first-order chi connectivity index (χ1) is 10.1. The number of halogens is 2. The number of imide groups is 1. The Labute approximate surface area is 118 Å². The third-order valence-corrected chi connectivity index (χ3v) is 4.04. The highest BCUT2D eigenvalue weighted by Crippen LogP contribution is 2.54. The summed E-state index contributed by atoms with van der Waals surface area (Å²) in [5.41, 5.74) is -0.280. The van der Waals surface area contributed by atoms with Crippen molar-refractivity contribution in [1.82, 2.24) is 10.2 Å². The molecule has 2 aliphatic rings. The van der Waals surface area contributed by atoms with Crippen molar-refractivity contribution in [3.8, 4) is 11.1 Å². The predicted molar refractivity (Wildman–Crippen MR) is 69.0 cm³/mol. The number of carbonyl (C=O) groups excluding carboxylic acids is 2. The fourth-order valence-electron chi connectivity index (χ4n) is 3.19. The lowest BCUT2D eigenvalue weighted by Gasteiger charge is -2.25. The molecular formula is C15H8F2N2O2. The quantitative estimate of drug-likeness (QED) is 0.552. The monoisotopic (exact) mass is 286 g/mol. The maximum atomic E-state index is 14.5. The molecule has 0 saturated carbocycles. The molecule has 3 amide bonds. The molecule has 1 aliphatic carbocycles. The van der Waals surface area contributed by atoms with Gasteiger partial charge in [-0.25, -0.2) is 4.79 Å². The summed E-state index contributed by atoms with van der Waals surface area (Å²) < 4.78 is 28.2. The molecule has 6 heteroatoms. The lowest BCUT2D eigenvalue weighted by Crippen LogP contribution is -2.42. The minimum absolute atomic E-state index is 0.271. The van der Waals surface area contributed by atoms with E-state index in [9.17, 15) is 18.6 Å². The first-order valence-corrected chi connectivity index (χ1v) is 6.30. The van der Waals surface area contributed by atoms with Gasteiger partial charge in [0.05, 0.1) is 0 Å². The van der Waals surface area contributed by atoms with E-state index in [1.807, 2.05) is 0 Å². The normalized spacial score (nSPS) is 18.4. The van der Waals surface area contributed by atoms with Crippen molar-refractivity contribution in [2.75, 3.05) is 0 Å². The highest BCUT2D eigenvalue weighted by molar-refractivity contribution is 6.11. The molecule has 0 radical (unpaired) electrons. The van der Waals surface area contributed by atoms with E-state index in [-0.39, 0.29) is 16.2 Å². The Hall–Kier alpha value is -2.76. The number of fused-ring (bicyclic) bond motifs is 5. The Morgan fingerprint density at radius 3 is 1.71 bits per heavy atom. The first kappa shape index (κ1) is 12.0. The summed E-state index contributed by atoms with van der Waals surface area (Å²) in [6.45, 7) is 0. The highest BCUT2D eigenvalue weighted by Gasteiger charge is 2.65. The van der Waals surface area contributed by atoms with Gasteiger partial charge in [-0.05, 0) is 11.1 Å². The van der Waals surface area contributed by atoms with Crippen LogP contribution in [0.5, 0.6) is 0 Å². The summed E-state index contributed by atoms with van der Waals surface area (Å²) in [5, 5.41) is -0.987.